The number of unbranched alkanes of at least 4 members (excludes halogenated alkanes) is 2. The van der Waals surface area contributed by atoms with Crippen LogP contribution >= 0.6 is 0 Å². The summed E-state index contributed by atoms with van der Waals surface area (Å²) >= 11 is 0. The van der Waals surface area contributed by atoms with Gasteiger partial charge in [-0.25, -0.2) is 4.79 Å². The summed E-state index contributed by atoms with van der Waals surface area (Å²) in [5.74, 6) is 2.14. The molecule has 0 radical (unpaired) electrons. The number of benzene rings is 2. The fourth-order valence-corrected chi connectivity index (χ4v) is 5.44. The Morgan fingerprint density at radius 2 is 1.67 bits per heavy atom. The number of likely N-dealkylation sites (tertiary alicyclic amines) is 1. The topological polar surface area (TPSA) is 61.1 Å². The van der Waals surface area contributed by atoms with Crippen molar-refractivity contribution in [3.63, 3.8) is 0 Å². The first-order valence-corrected chi connectivity index (χ1v) is 13.2. The van der Waals surface area contributed by atoms with Gasteiger partial charge in [0.2, 0.25) is 0 Å². The van der Waals surface area contributed by atoms with Crippen molar-refractivity contribution in [2.75, 3.05) is 41.0 Å². The molecule has 4 rings (SSSR count). The molecule has 36 heavy (non-hydrogen) atoms. The quantitative estimate of drug-likeness (QED) is 0.222. The summed E-state index contributed by atoms with van der Waals surface area (Å²) in [5, 5.41) is 0.878. The Morgan fingerprint density at radius 1 is 0.944 bits per heavy atom. The van der Waals surface area contributed by atoms with Crippen molar-refractivity contribution < 1.29 is 18.6 Å². The summed E-state index contributed by atoms with van der Waals surface area (Å²) in [4.78, 5) is 15.3. The lowest BCUT2D eigenvalue weighted by atomic mass is 9.85. The molecular weight excluding hydrogens is 454 g/mol. The van der Waals surface area contributed by atoms with E-state index in [-0.39, 0.29) is 11.5 Å². The molecule has 194 valence electrons. The van der Waals surface area contributed by atoms with Crippen LogP contribution in [0.4, 0.5) is 0 Å². The zero-order chi connectivity index (χ0) is 25.5. The van der Waals surface area contributed by atoms with E-state index in [1.807, 2.05) is 18.2 Å². The van der Waals surface area contributed by atoms with E-state index in [2.05, 4.69) is 24.0 Å². The first-order chi connectivity index (χ1) is 17.6. The zero-order valence-electron chi connectivity index (χ0n) is 22.1. The summed E-state index contributed by atoms with van der Waals surface area (Å²) in [6.07, 6.45) is 7.42. The van der Waals surface area contributed by atoms with E-state index in [0.717, 1.165) is 79.6 Å². The highest BCUT2D eigenvalue weighted by molar-refractivity contribution is 5.92. The van der Waals surface area contributed by atoms with Gasteiger partial charge in [0.05, 0.1) is 26.7 Å². The minimum absolute atomic E-state index is 0.0195. The molecule has 1 aliphatic rings. The minimum Gasteiger partial charge on any atom is -0.497 e. The van der Waals surface area contributed by atoms with Crippen LogP contribution in [0, 0.1) is 0 Å². The number of nitrogens with zero attached hydrogens (tertiary/aromatic N) is 1. The van der Waals surface area contributed by atoms with Crippen molar-refractivity contribution in [3.8, 4) is 17.2 Å². The Labute approximate surface area is 214 Å². The lowest BCUT2D eigenvalue weighted by molar-refractivity contribution is 0.325. The number of hydrogen-bond acceptors (Lipinski definition) is 6. The molecule has 6 heteroatoms. The molecule has 1 aliphatic heterocycles. The maximum atomic E-state index is 12.8. The first-order valence-electron chi connectivity index (χ1n) is 13.2. The molecule has 1 atom stereocenters. The predicted octanol–water partition coefficient (Wildman–Crippen LogP) is 6.17. The Bertz CT molecular complexity index is 1190. The molecule has 1 fully saturated rings. The van der Waals surface area contributed by atoms with Crippen LogP contribution in [0.15, 0.2) is 45.6 Å². The van der Waals surface area contributed by atoms with Crippen molar-refractivity contribution in [1.29, 1.82) is 0 Å². The standard InChI is InChI=1S/C30H39NO5/c1-5-6-7-10-22-19-27(32)36-30-28(22)25(34-3)20-26(35-4)29(30)24(15-18-31-16-8-9-17-31)21-11-13-23(33-2)14-12-21/h11-14,19-20,24H,5-10,15-18H2,1-4H3/t24-/m1/s1. The SMILES string of the molecule is CCCCCc1cc(=O)oc2c([C@H](CCN3CCCC3)c3ccc(OC)cc3)c(OC)cc(OC)c12. The third-order valence-electron chi connectivity index (χ3n) is 7.35. The summed E-state index contributed by atoms with van der Waals surface area (Å²) in [5.41, 5.74) is 3.26. The van der Waals surface area contributed by atoms with Gasteiger partial charge in [-0.2, -0.15) is 0 Å². The van der Waals surface area contributed by atoms with E-state index in [1.165, 1.54) is 12.8 Å². The molecule has 0 N–H and O–H groups in total. The highest BCUT2D eigenvalue weighted by Gasteiger charge is 2.28. The lowest BCUT2D eigenvalue weighted by Crippen LogP contribution is -2.22. The summed E-state index contributed by atoms with van der Waals surface area (Å²) < 4.78 is 23.1. The van der Waals surface area contributed by atoms with Gasteiger partial charge in [0, 0.05) is 23.6 Å². The second-order valence-corrected chi connectivity index (χ2v) is 9.61. The normalized spacial score (nSPS) is 14.8. The summed E-state index contributed by atoms with van der Waals surface area (Å²) in [6.45, 7) is 5.41. The van der Waals surface area contributed by atoms with E-state index in [0.29, 0.717) is 17.1 Å². The third kappa shape index (κ3) is 5.70. The van der Waals surface area contributed by atoms with Crippen molar-refractivity contribution in [2.45, 2.75) is 57.8 Å². The molecule has 0 amide bonds. The molecular formula is C30H39NO5. The third-order valence-corrected chi connectivity index (χ3v) is 7.35. The van der Waals surface area contributed by atoms with Crippen molar-refractivity contribution in [2.24, 2.45) is 0 Å². The largest absolute Gasteiger partial charge is 0.497 e. The van der Waals surface area contributed by atoms with Gasteiger partial charge in [-0.15, -0.1) is 0 Å². The maximum Gasteiger partial charge on any atom is 0.336 e. The highest BCUT2D eigenvalue weighted by atomic mass is 16.5. The molecule has 3 aromatic rings. The van der Waals surface area contributed by atoms with Gasteiger partial charge in [0.1, 0.15) is 22.8 Å². The second-order valence-electron chi connectivity index (χ2n) is 9.61. The van der Waals surface area contributed by atoms with Gasteiger partial charge < -0.3 is 23.5 Å². The van der Waals surface area contributed by atoms with E-state index in [9.17, 15) is 4.79 Å². The molecule has 6 nitrogen and oxygen atoms in total. The number of methoxy groups -OCH3 is 3. The zero-order valence-corrected chi connectivity index (χ0v) is 22.1. The summed E-state index contributed by atoms with van der Waals surface area (Å²) in [6, 6.07) is 11.8. The first kappa shape index (κ1) is 26.1. The number of aryl methyl sites for hydroxylation is 1. The van der Waals surface area contributed by atoms with Crippen LogP contribution in [0.25, 0.3) is 11.0 Å². The molecule has 0 saturated carbocycles. The van der Waals surface area contributed by atoms with Gasteiger partial charge in [0.25, 0.3) is 0 Å². The number of hydrogen-bond donors (Lipinski definition) is 0. The average molecular weight is 494 g/mol. The predicted molar refractivity (Wildman–Crippen MR) is 144 cm³/mol. The molecule has 0 bridgehead atoms. The van der Waals surface area contributed by atoms with Crippen molar-refractivity contribution in [1.82, 2.24) is 4.90 Å². The van der Waals surface area contributed by atoms with E-state index in [1.54, 1.807) is 27.4 Å². The van der Waals surface area contributed by atoms with Crippen LogP contribution in [0.3, 0.4) is 0 Å². The van der Waals surface area contributed by atoms with Gasteiger partial charge in [-0.3, -0.25) is 0 Å². The van der Waals surface area contributed by atoms with Crippen LogP contribution in [0.2, 0.25) is 0 Å². The van der Waals surface area contributed by atoms with E-state index in [4.69, 9.17) is 18.6 Å². The monoisotopic (exact) mass is 493 g/mol. The van der Waals surface area contributed by atoms with Crippen LogP contribution in [-0.4, -0.2) is 45.9 Å². The Morgan fingerprint density at radius 3 is 2.31 bits per heavy atom. The minimum atomic E-state index is -0.335. The maximum absolute atomic E-state index is 12.8. The van der Waals surface area contributed by atoms with Gasteiger partial charge >= 0.3 is 5.63 Å². The van der Waals surface area contributed by atoms with Crippen LogP contribution in [0.5, 0.6) is 17.2 Å². The molecule has 1 aromatic heterocycles. The molecule has 0 unspecified atom stereocenters. The van der Waals surface area contributed by atoms with Gasteiger partial charge in [0.15, 0.2) is 0 Å². The van der Waals surface area contributed by atoms with Crippen LogP contribution in [0.1, 0.15) is 68.1 Å². The lowest BCUT2D eigenvalue weighted by Gasteiger charge is -2.25. The van der Waals surface area contributed by atoms with Crippen LogP contribution < -0.4 is 19.8 Å². The van der Waals surface area contributed by atoms with Gasteiger partial charge in [-0.1, -0.05) is 31.9 Å². The van der Waals surface area contributed by atoms with Crippen molar-refractivity contribution >= 4 is 11.0 Å². The summed E-state index contributed by atoms with van der Waals surface area (Å²) in [7, 11) is 5.00. The number of fused-ring (bicyclic) bond motifs is 1. The second kappa shape index (κ2) is 12.3. The Kier molecular flexibility index (Phi) is 8.92. The van der Waals surface area contributed by atoms with Gasteiger partial charge in [-0.05, 0) is 75.0 Å². The molecule has 2 heterocycles. The molecule has 1 saturated heterocycles. The van der Waals surface area contributed by atoms with Crippen molar-refractivity contribution in [3.05, 3.63) is 63.5 Å². The van der Waals surface area contributed by atoms with Crippen LogP contribution in [-0.2, 0) is 6.42 Å². The highest BCUT2D eigenvalue weighted by Crippen LogP contribution is 2.44. The molecule has 2 aromatic carbocycles. The Hall–Kier alpha value is -2.99. The number of ether oxygens (including phenoxy) is 3. The molecule has 0 spiro atoms. The Balaban J connectivity index is 1.90. The fraction of sp³-hybridized carbons (Fsp3) is 0.500. The average Bonchev–Trinajstić information content (AvgIpc) is 3.42. The number of rotatable bonds is 12. The smallest absolute Gasteiger partial charge is 0.336 e. The van der Waals surface area contributed by atoms with E-state index < -0.39 is 0 Å². The van der Waals surface area contributed by atoms with E-state index >= 15 is 0 Å². The molecule has 0 aliphatic carbocycles. The fourth-order valence-electron chi connectivity index (χ4n) is 5.44.